The molecule has 21 heavy (non-hydrogen) atoms. The van der Waals surface area contributed by atoms with Crippen molar-refractivity contribution in [2.45, 2.75) is 13.0 Å². The lowest BCUT2D eigenvalue weighted by Crippen LogP contribution is -2.31. The Balaban J connectivity index is 1.81. The number of carbonyl (C=O) groups is 2. The van der Waals surface area contributed by atoms with Crippen molar-refractivity contribution >= 4 is 11.9 Å². The number of amides is 1. The number of nitrogens with zero attached hydrogens (tertiary/aromatic N) is 2. The Morgan fingerprint density at radius 3 is 2.67 bits per heavy atom. The largest absolute Gasteiger partial charge is 0.451 e. The van der Waals surface area contributed by atoms with Crippen LogP contribution in [0.4, 0.5) is 0 Å². The summed E-state index contributed by atoms with van der Waals surface area (Å²) in [6.07, 6.45) is 4.12. The number of esters is 1. The van der Waals surface area contributed by atoms with Gasteiger partial charge in [0.2, 0.25) is 0 Å². The Kier molecular flexibility index (Phi) is 4.98. The quantitative estimate of drug-likeness (QED) is 0.842. The highest BCUT2D eigenvalue weighted by molar-refractivity contribution is 5.89. The summed E-state index contributed by atoms with van der Waals surface area (Å²) < 4.78 is 4.87. The van der Waals surface area contributed by atoms with Gasteiger partial charge >= 0.3 is 5.97 Å². The average Bonchev–Trinajstić information content (AvgIpc) is 2.54. The summed E-state index contributed by atoms with van der Waals surface area (Å²) in [6.45, 7) is 1.50. The third-order valence-electron chi connectivity index (χ3n) is 2.78. The predicted octanol–water partition coefficient (Wildman–Crippen LogP) is 1.51. The molecule has 0 saturated carbocycles. The number of rotatable bonds is 5. The average molecular weight is 285 g/mol. The molecule has 0 bridgehead atoms. The van der Waals surface area contributed by atoms with Crippen LogP contribution < -0.4 is 5.32 Å². The van der Waals surface area contributed by atoms with Crippen molar-refractivity contribution in [1.82, 2.24) is 15.3 Å². The normalized spacial score (nSPS) is 11.5. The zero-order valence-corrected chi connectivity index (χ0v) is 11.5. The first-order chi connectivity index (χ1) is 10.2. The van der Waals surface area contributed by atoms with E-state index < -0.39 is 5.97 Å². The monoisotopic (exact) mass is 285 g/mol. The van der Waals surface area contributed by atoms with Gasteiger partial charge in [-0.25, -0.2) is 9.78 Å². The van der Waals surface area contributed by atoms with Crippen LogP contribution in [0.1, 0.15) is 29.0 Å². The van der Waals surface area contributed by atoms with E-state index in [1.54, 1.807) is 0 Å². The molecule has 1 N–H and O–H groups in total. The number of hydrogen-bond acceptors (Lipinski definition) is 5. The van der Waals surface area contributed by atoms with Crippen molar-refractivity contribution in [3.8, 4) is 0 Å². The Labute approximate surface area is 122 Å². The highest BCUT2D eigenvalue weighted by atomic mass is 16.5. The molecule has 1 amide bonds. The molecular weight excluding hydrogens is 270 g/mol. The SMILES string of the molecule is C[C@H](NC(=O)COC(=O)c1cnccn1)c1ccccc1. The molecule has 108 valence electrons. The molecule has 0 fully saturated rings. The molecular formula is C15H15N3O3. The van der Waals surface area contributed by atoms with Crippen LogP contribution in [-0.4, -0.2) is 28.5 Å². The fraction of sp³-hybridized carbons (Fsp3) is 0.200. The molecule has 2 rings (SSSR count). The van der Waals surface area contributed by atoms with E-state index >= 15 is 0 Å². The van der Waals surface area contributed by atoms with Gasteiger partial charge in [0.25, 0.3) is 5.91 Å². The molecule has 0 aliphatic rings. The van der Waals surface area contributed by atoms with Crippen LogP contribution in [0.25, 0.3) is 0 Å². The van der Waals surface area contributed by atoms with Crippen LogP contribution in [0.3, 0.4) is 0 Å². The van der Waals surface area contributed by atoms with Crippen LogP contribution in [0.15, 0.2) is 48.9 Å². The topological polar surface area (TPSA) is 81.2 Å². The third kappa shape index (κ3) is 4.38. The second kappa shape index (κ2) is 7.14. The van der Waals surface area contributed by atoms with E-state index in [1.807, 2.05) is 37.3 Å². The van der Waals surface area contributed by atoms with Crippen LogP contribution in [0, 0.1) is 0 Å². The summed E-state index contributed by atoms with van der Waals surface area (Å²) in [5.41, 5.74) is 1.05. The summed E-state index contributed by atoms with van der Waals surface area (Å²) in [6, 6.07) is 9.36. The number of carbonyl (C=O) groups excluding carboxylic acids is 2. The van der Waals surface area contributed by atoms with Gasteiger partial charge in [-0.1, -0.05) is 30.3 Å². The van der Waals surface area contributed by atoms with Crippen molar-refractivity contribution in [1.29, 1.82) is 0 Å². The van der Waals surface area contributed by atoms with Gasteiger partial charge in [-0.2, -0.15) is 0 Å². The Hall–Kier alpha value is -2.76. The molecule has 1 heterocycles. The molecule has 0 saturated heterocycles. The van der Waals surface area contributed by atoms with E-state index in [0.717, 1.165) is 5.56 Å². The van der Waals surface area contributed by atoms with Crippen molar-refractivity contribution in [2.75, 3.05) is 6.61 Å². The van der Waals surface area contributed by atoms with E-state index in [4.69, 9.17) is 4.74 Å². The highest BCUT2D eigenvalue weighted by Gasteiger charge is 2.13. The van der Waals surface area contributed by atoms with Gasteiger partial charge in [-0.15, -0.1) is 0 Å². The van der Waals surface area contributed by atoms with Gasteiger partial charge in [-0.3, -0.25) is 9.78 Å². The Morgan fingerprint density at radius 2 is 2.00 bits per heavy atom. The first-order valence-electron chi connectivity index (χ1n) is 6.44. The number of benzene rings is 1. The molecule has 0 aliphatic heterocycles. The first kappa shape index (κ1) is 14.6. The van der Waals surface area contributed by atoms with Gasteiger partial charge in [0.1, 0.15) is 0 Å². The van der Waals surface area contributed by atoms with Crippen LogP contribution in [0.2, 0.25) is 0 Å². The number of nitrogens with one attached hydrogen (secondary N) is 1. The molecule has 0 radical (unpaired) electrons. The molecule has 6 nitrogen and oxygen atoms in total. The molecule has 6 heteroatoms. The number of aromatic nitrogens is 2. The van der Waals surface area contributed by atoms with Gasteiger partial charge < -0.3 is 10.1 Å². The van der Waals surface area contributed by atoms with Crippen LogP contribution >= 0.6 is 0 Å². The van der Waals surface area contributed by atoms with Crippen LogP contribution in [-0.2, 0) is 9.53 Å². The Bertz CT molecular complexity index is 602. The smallest absolute Gasteiger partial charge is 0.359 e. The second-order valence-electron chi connectivity index (χ2n) is 4.37. The van der Waals surface area contributed by atoms with Gasteiger partial charge in [0.15, 0.2) is 12.3 Å². The lowest BCUT2D eigenvalue weighted by Gasteiger charge is -2.14. The minimum Gasteiger partial charge on any atom is -0.451 e. The van der Waals surface area contributed by atoms with E-state index in [0.29, 0.717) is 0 Å². The summed E-state index contributed by atoms with van der Waals surface area (Å²) >= 11 is 0. The first-order valence-corrected chi connectivity index (χ1v) is 6.44. The van der Waals surface area contributed by atoms with E-state index in [9.17, 15) is 9.59 Å². The summed E-state index contributed by atoms with van der Waals surface area (Å²) in [5, 5.41) is 2.75. The molecule has 1 atom stereocenters. The van der Waals surface area contributed by atoms with E-state index in [-0.39, 0.29) is 24.2 Å². The standard InChI is InChI=1S/C15H15N3O3/c1-11(12-5-3-2-4-6-12)18-14(19)10-21-15(20)13-9-16-7-8-17-13/h2-9,11H,10H2,1H3,(H,18,19)/t11-/m0/s1. The Morgan fingerprint density at radius 1 is 1.24 bits per heavy atom. The summed E-state index contributed by atoms with van der Waals surface area (Å²) in [7, 11) is 0. The minimum atomic E-state index is -0.675. The number of hydrogen-bond donors (Lipinski definition) is 1. The van der Waals surface area contributed by atoms with Gasteiger partial charge in [0.05, 0.1) is 12.2 Å². The van der Waals surface area contributed by atoms with Crippen molar-refractivity contribution in [3.05, 3.63) is 60.2 Å². The second-order valence-corrected chi connectivity index (χ2v) is 4.37. The lowest BCUT2D eigenvalue weighted by atomic mass is 10.1. The lowest BCUT2D eigenvalue weighted by molar-refractivity contribution is -0.124. The minimum absolute atomic E-state index is 0.0707. The predicted molar refractivity (Wildman–Crippen MR) is 75.3 cm³/mol. The van der Waals surface area contributed by atoms with Gasteiger partial charge in [-0.05, 0) is 12.5 Å². The summed E-state index contributed by atoms with van der Waals surface area (Å²) in [5.74, 6) is -1.05. The molecule has 0 unspecified atom stereocenters. The molecule has 1 aromatic heterocycles. The third-order valence-corrected chi connectivity index (χ3v) is 2.78. The van der Waals surface area contributed by atoms with Crippen molar-refractivity contribution in [3.63, 3.8) is 0 Å². The van der Waals surface area contributed by atoms with E-state index in [1.165, 1.54) is 18.6 Å². The molecule has 0 spiro atoms. The summed E-state index contributed by atoms with van der Waals surface area (Å²) in [4.78, 5) is 30.9. The van der Waals surface area contributed by atoms with E-state index in [2.05, 4.69) is 15.3 Å². The van der Waals surface area contributed by atoms with Gasteiger partial charge in [0, 0.05) is 12.4 Å². The number of ether oxygens (including phenoxy) is 1. The maximum absolute atomic E-state index is 11.7. The van der Waals surface area contributed by atoms with Crippen molar-refractivity contribution in [2.24, 2.45) is 0 Å². The zero-order chi connectivity index (χ0) is 15.1. The molecule has 1 aromatic carbocycles. The maximum Gasteiger partial charge on any atom is 0.359 e. The molecule has 2 aromatic rings. The molecule has 0 aliphatic carbocycles. The van der Waals surface area contributed by atoms with Crippen LogP contribution in [0.5, 0.6) is 0 Å². The zero-order valence-electron chi connectivity index (χ0n) is 11.5. The maximum atomic E-state index is 11.7. The fourth-order valence-electron chi connectivity index (χ4n) is 1.72. The highest BCUT2D eigenvalue weighted by Crippen LogP contribution is 2.10. The van der Waals surface area contributed by atoms with Crippen molar-refractivity contribution < 1.29 is 14.3 Å². The fourth-order valence-corrected chi connectivity index (χ4v) is 1.72.